The van der Waals surface area contributed by atoms with E-state index in [-0.39, 0.29) is 0 Å². The van der Waals surface area contributed by atoms with Crippen LogP contribution < -0.4 is 5.32 Å². The van der Waals surface area contributed by atoms with Gasteiger partial charge in [0.1, 0.15) is 0 Å². The van der Waals surface area contributed by atoms with E-state index in [1.807, 2.05) is 18.7 Å². The zero-order valence-electron chi connectivity index (χ0n) is 12.1. The molecule has 0 aromatic carbocycles. The van der Waals surface area contributed by atoms with Gasteiger partial charge in [0.25, 0.3) is 0 Å². The van der Waals surface area contributed by atoms with Gasteiger partial charge in [0.05, 0.1) is 16.4 Å². The molecule has 1 rings (SSSR count). The zero-order chi connectivity index (χ0) is 13.5. The maximum atomic E-state index is 6.34. The summed E-state index contributed by atoms with van der Waals surface area (Å²) in [6, 6.07) is 0.496. The molecule has 1 aromatic rings. The van der Waals surface area contributed by atoms with Crippen LogP contribution in [0.4, 0.5) is 0 Å². The Bertz CT molecular complexity index is 360. The molecule has 0 radical (unpaired) electrons. The fourth-order valence-electron chi connectivity index (χ4n) is 2.29. The van der Waals surface area contributed by atoms with Crippen LogP contribution in [-0.2, 0) is 13.0 Å². The summed E-state index contributed by atoms with van der Waals surface area (Å²) < 4.78 is 2.03. The van der Waals surface area contributed by atoms with E-state index >= 15 is 0 Å². The number of aromatic nitrogens is 2. The highest BCUT2D eigenvalue weighted by Crippen LogP contribution is 2.22. The highest BCUT2D eigenvalue weighted by Gasteiger charge is 2.16. The van der Waals surface area contributed by atoms with Gasteiger partial charge in [-0.2, -0.15) is 5.10 Å². The molecule has 1 N–H and O–H groups in total. The van der Waals surface area contributed by atoms with Crippen molar-refractivity contribution in [2.24, 2.45) is 0 Å². The lowest BCUT2D eigenvalue weighted by molar-refractivity contribution is 0.472. The molecule has 4 heteroatoms. The van der Waals surface area contributed by atoms with E-state index in [1.165, 1.54) is 31.4 Å². The Morgan fingerprint density at radius 1 is 1.33 bits per heavy atom. The third kappa shape index (κ3) is 3.99. The third-order valence-electron chi connectivity index (χ3n) is 3.46. The topological polar surface area (TPSA) is 29.9 Å². The van der Waals surface area contributed by atoms with Gasteiger partial charge in [-0.25, -0.2) is 0 Å². The van der Waals surface area contributed by atoms with E-state index in [2.05, 4.69) is 24.3 Å². The van der Waals surface area contributed by atoms with Gasteiger partial charge in [0.15, 0.2) is 0 Å². The van der Waals surface area contributed by atoms with Crippen LogP contribution in [-0.4, -0.2) is 22.9 Å². The van der Waals surface area contributed by atoms with Crippen molar-refractivity contribution in [1.82, 2.24) is 15.1 Å². The molecule has 1 heterocycles. The van der Waals surface area contributed by atoms with Crippen LogP contribution in [0.1, 0.15) is 50.9 Å². The molecule has 0 saturated carbocycles. The fraction of sp³-hybridized carbons (Fsp3) is 0.786. The quantitative estimate of drug-likeness (QED) is 0.733. The number of unbranched alkanes of at least 4 members (excludes halogenated alkanes) is 2. The average molecular weight is 272 g/mol. The molecule has 0 amide bonds. The van der Waals surface area contributed by atoms with Crippen LogP contribution in [0.15, 0.2) is 0 Å². The molecule has 0 bridgehead atoms. The maximum absolute atomic E-state index is 6.34. The van der Waals surface area contributed by atoms with E-state index in [0.29, 0.717) is 6.04 Å². The van der Waals surface area contributed by atoms with Gasteiger partial charge in [-0.3, -0.25) is 4.68 Å². The molecule has 0 fully saturated rings. The first kappa shape index (κ1) is 15.5. The predicted molar refractivity (Wildman–Crippen MR) is 78.3 cm³/mol. The monoisotopic (exact) mass is 271 g/mol. The lowest BCUT2D eigenvalue weighted by Crippen LogP contribution is -2.28. The normalized spacial score (nSPS) is 12.9. The molecular weight excluding hydrogens is 246 g/mol. The molecule has 1 aromatic heterocycles. The molecule has 0 aliphatic heterocycles. The van der Waals surface area contributed by atoms with Crippen LogP contribution in [0, 0.1) is 6.92 Å². The van der Waals surface area contributed by atoms with Crippen molar-refractivity contribution in [3.8, 4) is 0 Å². The van der Waals surface area contributed by atoms with Crippen LogP contribution in [0.25, 0.3) is 0 Å². The number of rotatable bonds is 8. The summed E-state index contributed by atoms with van der Waals surface area (Å²) in [4.78, 5) is 0. The number of likely N-dealkylation sites (N-methyl/N-ethyl adjacent to an activating group) is 1. The minimum Gasteiger partial charge on any atom is -0.317 e. The Hall–Kier alpha value is -0.540. The first-order valence-corrected chi connectivity index (χ1v) is 7.40. The van der Waals surface area contributed by atoms with Crippen molar-refractivity contribution in [3.05, 3.63) is 16.4 Å². The molecule has 0 aliphatic carbocycles. The minimum atomic E-state index is 0.496. The number of halogens is 1. The van der Waals surface area contributed by atoms with Crippen molar-refractivity contribution in [2.45, 2.75) is 65.5 Å². The van der Waals surface area contributed by atoms with Crippen molar-refractivity contribution < 1.29 is 0 Å². The number of hydrogen-bond donors (Lipinski definition) is 1. The van der Waals surface area contributed by atoms with Gasteiger partial charge in [0, 0.05) is 19.0 Å². The number of hydrogen-bond acceptors (Lipinski definition) is 2. The lowest BCUT2D eigenvalue weighted by Gasteiger charge is -2.17. The largest absolute Gasteiger partial charge is 0.317 e. The predicted octanol–water partition coefficient (Wildman–Crippen LogP) is 3.58. The number of aryl methyl sites for hydroxylation is 2. The van der Waals surface area contributed by atoms with Crippen molar-refractivity contribution in [3.63, 3.8) is 0 Å². The Labute approximate surface area is 116 Å². The Kier molecular flexibility index (Phi) is 6.72. The molecule has 0 saturated heterocycles. The summed E-state index contributed by atoms with van der Waals surface area (Å²) in [5.74, 6) is 0. The van der Waals surface area contributed by atoms with E-state index in [1.54, 1.807) is 0 Å². The molecule has 18 heavy (non-hydrogen) atoms. The highest BCUT2D eigenvalue weighted by molar-refractivity contribution is 6.31. The van der Waals surface area contributed by atoms with Crippen LogP contribution in [0.3, 0.4) is 0 Å². The van der Waals surface area contributed by atoms with Gasteiger partial charge < -0.3 is 5.32 Å². The van der Waals surface area contributed by atoms with Gasteiger partial charge >= 0.3 is 0 Å². The Balaban J connectivity index is 2.68. The lowest BCUT2D eigenvalue weighted by atomic mass is 10.0. The molecular formula is C14H26ClN3. The SMILES string of the molecule is CCCCCC(Cc1c(Cl)c(C)nn1CC)NC. The van der Waals surface area contributed by atoms with Crippen molar-refractivity contribution in [2.75, 3.05) is 7.05 Å². The molecule has 0 aliphatic rings. The van der Waals surface area contributed by atoms with E-state index in [4.69, 9.17) is 11.6 Å². The van der Waals surface area contributed by atoms with Gasteiger partial charge in [-0.15, -0.1) is 0 Å². The summed E-state index contributed by atoms with van der Waals surface area (Å²) in [5.41, 5.74) is 2.12. The maximum Gasteiger partial charge on any atom is 0.0847 e. The van der Waals surface area contributed by atoms with Crippen LogP contribution >= 0.6 is 11.6 Å². The molecule has 1 atom stereocenters. The Morgan fingerprint density at radius 3 is 2.61 bits per heavy atom. The molecule has 0 spiro atoms. The highest BCUT2D eigenvalue weighted by atomic mass is 35.5. The first-order chi connectivity index (χ1) is 8.63. The van der Waals surface area contributed by atoms with E-state index in [9.17, 15) is 0 Å². The molecule has 3 nitrogen and oxygen atoms in total. The van der Waals surface area contributed by atoms with E-state index in [0.717, 1.165) is 23.7 Å². The second-order valence-electron chi connectivity index (χ2n) is 4.85. The van der Waals surface area contributed by atoms with Gasteiger partial charge in [0.2, 0.25) is 0 Å². The smallest absolute Gasteiger partial charge is 0.0847 e. The van der Waals surface area contributed by atoms with Crippen LogP contribution in [0.5, 0.6) is 0 Å². The summed E-state index contributed by atoms with van der Waals surface area (Å²) in [7, 11) is 2.03. The van der Waals surface area contributed by atoms with Crippen molar-refractivity contribution >= 4 is 11.6 Å². The van der Waals surface area contributed by atoms with Crippen molar-refractivity contribution in [1.29, 1.82) is 0 Å². The Morgan fingerprint density at radius 2 is 2.06 bits per heavy atom. The second kappa shape index (κ2) is 7.80. The summed E-state index contributed by atoms with van der Waals surface area (Å²) in [6.07, 6.45) is 6.02. The summed E-state index contributed by atoms with van der Waals surface area (Å²) in [6.45, 7) is 7.20. The third-order valence-corrected chi connectivity index (χ3v) is 3.95. The standard InChI is InChI=1S/C14H26ClN3/c1-5-7-8-9-12(16-4)10-13-14(15)11(3)17-18(13)6-2/h12,16H,5-10H2,1-4H3. The van der Waals surface area contributed by atoms with Gasteiger partial charge in [-0.05, 0) is 27.3 Å². The first-order valence-electron chi connectivity index (χ1n) is 7.03. The summed E-state index contributed by atoms with van der Waals surface area (Å²) >= 11 is 6.34. The van der Waals surface area contributed by atoms with E-state index < -0.39 is 0 Å². The fourth-order valence-corrected chi connectivity index (χ4v) is 2.50. The van der Waals surface area contributed by atoms with Crippen LogP contribution in [0.2, 0.25) is 5.02 Å². The molecule has 104 valence electrons. The zero-order valence-corrected chi connectivity index (χ0v) is 12.8. The summed E-state index contributed by atoms with van der Waals surface area (Å²) in [5, 5.41) is 8.71. The molecule has 1 unspecified atom stereocenters. The van der Waals surface area contributed by atoms with Gasteiger partial charge in [-0.1, -0.05) is 37.8 Å². The number of nitrogens with one attached hydrogen (secondary N) is 1. The number of nitrogens with zero attached hydrogens (tertiary/aromatic N) is 2. The average Bonchev–Trinajstić information content (AvgIpc) is 2.65. The second-order valence-corrected chi connectivity index (χ2v) is 5.23. The minimum absolute atomic E-state index is 0.496.